The Kier molecular flexibility index (Phi) is 7.91. The number of hydrogen-bond acceptors (Lipinski definition) is 7. The summed E-state index contributed by atoms with van der Waals surface area (Å²) in [5, 5.41) is -0.373. The molecular formula is C23H28N2O4S2. The third-order valence-electron chi connectivity index (χ3n) is 5.00. The number of hydrogen-bond donors (Lipinski definition) is 0. The lowest BCUT2D eigenvalue weighted by Crippen LogP contribution is -2.45. The molecule has 2 atom stereocenters. The standard InChI is InChI=1S/C23H28N2O4S2/c1-15(26)29-21-22(16-6-8-17(28-4)9-7-16)31-20-14-18(30-5)10-11-19(20)25(23(21)27)13-12-24(2)3/h6-11,14,21-22H,12-13H2,1-5H3/t21-,22+/m1/s1. The molecule has 0 aromatic heterocycles. The molecule has 0 saturated heterocycles. The van der Waals surface area contributed by atoms with Crippen molar-refractivity contribution >= 4 is 41.1 Å². The third kappa shape index (κ3) is 5.56. The van der Waals surface area contributed by atoms with Crippen molar-refractivity contribution in [3.05, 3.63) is 48.0 Å². The summed E-state index contributed by atoms with van der Waals surface area (Å²) in [6, 6.07) is 13.7. The summed E-state index contributed by atoms with van der Waals surface area (Å²) in [5.41, 5.74) is 1.75. The molecule has 0 unspecified atom stereocenters. The molecule has 2 aromatic carbocycles. The van der Waals surface area contributed by atoms with Gasteiger partial charge in [-0.05, 0) is 56.2 Å². The SMILES string of the molecule is COc1ccc([C@@H]2Sc3cc(SC)ccc3N(CCN(C)C)C(=O)[C@@H]2OC(C)=O)cc1. The van der Waals surface area contributed by atoms with E-state index in [9.17, 15) is 9.59 Å². The molecule has 0 bridgehead atoms. The first kappa shape index (κ1) is 23.5. The van der Waals surface area contributed by atoms with Crippen LogP contribution in [-0.4, -0.2) is 63.4 Å². The van der Waals surface area contributed by atoms with Crippen LogP contribution in [0.2, 0.25) is 0 Å². The first-order chi connectivity index (χ1) is 14.8. The molecule has 0 radical (unpaired) electrons. The number of nitrogens with zero attached hydrogens (tertiary/aromatic N) is 2. The van der Waals surface area contributed by atoms with E-state index >= 15 is 0 Å². The topological polar surface area (TPSA) is 59.1 Å². The zero-order valence-electron chi connectivity index (χ0n) is 18.5. The lowest BCUT2D eigenvalue weighted by molar-refractivity contribution is -0.152. The first-order valence-corrected chi connectivity index (χ1v) is 12.1. The molecular weight excluding hydrogens is 432 g/mol. The van der Waals surface area contributed by atoms with Crippen molar-refractivity contribution in [1.29, 1.82) is 0 Å². The van der Waals surface area contributed by atoms with Gasteiger partial charge in [0.2, 0.25) is 0 Å². The summed E-state index contributed by atoms with van der Waals surface area (Å²) >= 11 is 3.21. The zero-order valence-corrected chi connectivity index (χ0v) is 20.1. The quantitative estimate of drug-likeness (QED) is 0.456. The number of methoxy groups -OCH3 is 1. The number of likely N-dealkylation sites (N-methyl/N-ethyl adjacent to an activating group) is 1. The largest absolute Gasteiger partial charge is 0.497 e. The van der Waals surface area contributed by atoms with Crippen molar-refractivity contribution in [3.8, 4) is 5.75 Å². The second kappa shape index (κ2) is 10.4. The summed E-state index contributed by atoms with van der Waals surface area (Å²) in [6.45, 7) is 2.54. The van der Waals surface area contributed by atoms with Gasteiger partial charge in [-0.2, -0.15) is 0 Å². The Hall–Kier alpha value is -2.16. The van der Waals surface area contributed by atoms with E-state index in [4.69, 9.17) is 9.47 Å². The van der Waals surface area contributed by atoms with E-state index < -0.39 is 12.1 Å². The monoisotopic (exact) mass is 460 g/mol. The minimum atomic E-state index is -0.928. The van der Waals surface area contributed by atoms with E-state index in [0.717, 1.165) is 26.8 Å². The maximum atomic E-state index is 13.7. The van der Waals surface area contributed by atoms with Crippen molar-refractivity contribution in [3.63, 3.8) is 0 Å². The number of rotatable bonds is 7. The molecule has 0 spiro atoms. The molecule has 31 heavy (non-hydrogen) atoms. The van der Waals surface area contributed by atoms with Crippen molar-refractivity contribution in [1.82, 2.24) is 4.90 Å². The number of benzene rings is 2. The van der Waals surface area contributed by atoms with E-state index in [1.54, 1.807) is 35.5 Å². The van der Waals surface area contributed by atoms with Crippen LogP contribution < -0.4 is 9.64 Å². The number of carbonyl (C=O) groups is 2. The predicted octanol–water partition coefficient (Wildman–Crippen LogP) is 4.09. The molecule has 1 aliphatic heterocycles. The Morgan fingerprint density at radius 3 is 2.48 bits per heavy atom. The summed E-state index contributed by atoms with van der Waals surface area (Å²) in [6.07, 6.45) is 1.10. The van der Waals surface area contributed by atoms with E-state index in [-0.39, 0.29) is 11.2 Å². The highest BCUT2D eigenvalue weighted by molar-refractivity contribution is 8.00. The second-order valence-electron chi connectivity index (χ2n) is 7.47. The fourth-order valence-electron chi connectivity index (χ4n) is 3.40. The maximum Gasteiger partial charge on any atom is 0.303 e. The number of anilines is 1. The van der Waals surface area contributed by atoms with Gasteiger partial charge in [-0.1, -0.05) is 12.1 Å². The smallest absolute Gasteiger partial charge is 0.303 e. The van der Waals surface area contributed by atoms with Gasteiger partial charge in [0.1, 0.15) is 5.75 Å². The van der Waals surface area contributed by atoms with Gasteiger partial charge >= 0.3 is 5.97 Å². The van der Waals surface area contributed by atoms with E-state index in [1.165, 1.54) is 6.92 Å². The lowest BCUT2D eigenvalue weighted by atomic mass is 10.1. The number of amides is 1. The second-order valence-corrected chi connectivity index (χ2v) is 9.53. The summed E-state index contributed by atoms with van der Waals surface area (Å²) in [7, 11) is 5.56. The van der Waals surface area contributed by atoms with Crippen molar-refractivity contribution < 1.29 is 19.1 Å². The molecule has 2 aromatic rings. The highest BCUT2D eigenvalue weighted by atomic mass is 32.2. The van der Waals surface area contributed by atoms with Crippen molar-refractivity contribution in [2.45, 2.75) is 28.1 Å². The number of fused-ring (bicyclic) bond motifs is 1. The molecule has 0 N–H and O–H groups in total. The molecule has 1 heterocycles. The van der Waals surface area contributed by atoms with Gasteiger partial charge in [-0.25, -0.2) is 0 Å². The fourth-order valence-corrected chi connectivity index (χ4v) is 5.27. The van der Waals surface area contributed by atoms with Crippen LogP contribution in [0.4, 0.5) is 5.69 Å². The van der Waals surface area contributed by atoms with Gasteiger partial charge in [0, 0.05) is 29.8 Å². The van der Waals surface area contributed by atoms with Crippen LogP contribution >= 0.6 is 23.5 Å². The van der Waals surface area contributed by atoms with Gasteiger partial charge in [0.15, 0.2) is 6.10 Å². The molecule has 1 aliphatic rings. The minimum Gasteiger partial charge on any atom is -0.497 e. The van der Waals surface area contributed by atoms with Gasteiger partial charge in [0.25, 0.3) is 5.91 Å². The van der Waals surface area contributed by atoms with E-state index in [2.05, 4.69) is 6.07 Å². The summed E-state index contributed by atoms with van der Waals surface area (Å²) < 4.78 is 10.9. The van der Waals surface area contributed by atoms with Gasteiger partial charge in [0.05, 0.1) is 18.0 Å². The normalized spacial score (nSPS) is 18.5. The molecule has 0 fully saturated rings. The maximum absolute atomic E-state index is 13.7. The van der Waals surface area contributed by atoms with Gasteiger partial charge < -0.3 is 19.3 Å². The minimum absolute atomic E-state index is 0.207. The molecule has 6 nitrogen and oxygen atoms in total. The van der Waals surface area contributed by atoms with Crippen LogP contribution in [0, 0.1) is 0 Å². The summed E-state index contributed by atoms with van der Waals surface area (Å²) in [5.74, 6) is 0.0530. The molecule has 166 valence electrons. The average molecular weight is 461 g/mol. The number of thioether (sulfide) groups is 2. The molecule has 0 saturated carbocycles. The fraction of sp³-hybridized carbons (Fsp3) is 0.391. The Morgan fingerprint density at radius 2 is 1.90 bits per heavy atom. The number of carbonyl (C=O) groups excluding carboxylic acids is 2. The number of esters is 1. The molecule has 3 rings (SSSR count). The lowest BCUT2D eigenvalue weighted by Gasteiger charge is -2.28. The van der Waals surface area contributed by atoms with E-state index in [1.807, 2.05) is 61.6 Å². The van der Waals surface area contributed by atoms with Crippen LogP contribution in [0.5, 0.6) is 5.75 Å². The Morgan fingerprint density at radius 1 is 1.19 bits per heavy atom. The van der Waals surface area contributed by atoms with Crippen molar-refractivity contribution in [2.75, 3.05) is 45.5 Å². The predicted molar refractivity (Wildman–Crippen MR) is 126 cm³/mol. The third-order valence-corrected chi connectivity index (χ3v) is 7.08. The van der Waals surface area contributed by atoms with Crippen LogP contribution in [0.15, 0.2) is 52.3 Å². The van der Waals surface area contributed by atoms with Crippen LogP contribution in [0.25, 0.3) is 0 Å². The molecule has 8 heteroatoms. The Balaban J connectivity index is 2.11. The molecule has 1 amide bonds. The summed E-state index contributed by atoms with van der Waals surface area (Å²) in [4.78, 5) is 31.6. The Labute approximate surface area is 192 Å². The van der Waals surface area contributed by atoms with Gasteiger partial charge in [-0.15, -0.1) is 23.5 Å². The van der Waals surface area contributed by atoms with Crippen LogP contribution in [0.1, 0.15) is 17.7 Å². The highest BCUT2D eigenvalue weighted by Gasteiger charge is 2.40. The molecule has 0 aliphatic carbocycles. The van der Waals surface area contributed by atoms with Gasteiger partial charge in [-0.3, -0.25) is 9.59 Å². The highest BCUT2D eigenvalue weighted by Crippen LogP contribution is 2.47. The average Bonchev–Trinajstić information content (AvgIpc) is 2.86. The Bertz CT molecular complexity index is 934. The first-order valence-electron chi connectivity index (χ1n) is 9.96. The zero-order chi connectivity index (χ0) is 22.5. The van der Waals surface area contributed by atoms with Crippen molar-refractivity contribution in [2.24, 2.45) is 0 Å². The number of ether oxygens (including phenoxy) is 2. The van der Waals surface area contributed by atoms with E-state index in [0.29, 0.717) is 13.1 Å². The van der Waals surface area contributed by atoms with Crippen LogP contribution in [0.3, 0.4) is 0 Å². The van der Waals surface area contributed by atoms with Crippen LogP contribution in [-0.2, 0) is 14.3 Å².